The van der Waals surface area contributed by atoms with Crippen LogP contribution >= 0.6 is 11.6 Å². The van der Waals surface area contributed by atoms with E-state index in [0.29, 0.717) is 5.41 Å². The Morgan fingerprint density at radius 1 is 1.39 bits per heavy atom. The van der Waals surface area contributed by atoms with Crippen molar-refractivity contribution in [2.24, 2.45) is 10.4 Å². The highest BCUT2D eigenvalue weighted by molar-refractivity contribution is 6.31. The third-order valence-electron chi connectivity index (χ3n) is 5.30. The number of nitrogens with one attached hydrogen (secondary N) is 1. The Hall–Kier alpha value is -1.42. The second-order valence-electron chi connectivity index (χ2n) is 6.71. The summed E-state index contributed by atoms with van der Waals surface area (Å²) in [5.41, 5.74) is 1.73. The molecule has 23 heavy (non-hydrogen) atoms. The van der Waals surface area contributed by atoms with Gasteiger partial charge in [-0.2, -0.15) is 0 Å². The van der Waals surface area contributed by atoms with Crippen molar-refractivity contribution >= 4 is 17.6 Å². The fraction of sp³-hybridized carbons (Fsp3) is 0.611. The second-order valence-corrected chi connectivity index (χ2v) is 7.11. The van der Waals surface area contributed by atoms with E-state index >= 15 is 0 Å². The van der Waals surface area contributed by atoms with Crippen LogP contribution in [0.15, 0.2) is 23.2 Å². The number of hydrogen-bond donors (Lipinski definition) is 1. The SMILES string of the molecule is CN=C(NCCc1ccc(OC)cc1Cl)N1CCC2(CCC2)C1. The molecule has 1 aliphatic heterocycles. The van der Waals surface area contributed by atoms with Crippen molar-refractivity contribution in [2.75, 3.05) is 33.8 Å². The van der Waals surface area contributed by atoms with Gasteiger partial charge in [0, 0.05) is 31.7 Å². The van der Waals surface area contributed by atoms with Gasteiger partial charge in [-0.05, 0) is 48.8 Å². The third kappa shape index (κ3) is 3.57. The van der Waals surface area contributed by atoms with Crippen molar-refractivity contribution in [2.45, 2.75) is 32.1 Å². The number of likely N-dealkylation sites (tertiary alicyclic amines) is 1. The number of hydrogen-bond acceptors (Lipinski definition) is 2. The van der Waals surface area contributed by atoms with Crippen molar-refractivity contribution < 1.29 is 4.74 Å². The van der Waals surface area contributed by atoms with Crippen LogP contribution in [-0.2, 0) is 6.42 Å². The molecule has 0 atom stereocenters. The first-order chi connectivity index (χ1) is 11.2. The standard InChI is InChI=1S/C18H26ClN3O/c1-20-17(22-11-9-18(13-22)7-3-8-18)21-10-6-14-4-5-15(23-2)12-16(14)19/h4-5,12H,3,6-11,13H2,1-2H3,(H,20,21). The minimum atomic E-state index is 0.594. The van der Waals surface area contributed by atoms with Crippen LogP contribution in [0.5, 0.6) is 5.75 Å². The van der Waals surface area contributed by atoms with Crippen LogP contribution in [0.3, 0.4) is 0 Å². The van der Waals surface area contributed by atoms with Crippen LogP contribution in [0.4, 0.5) is 0 Å². The van der Waals surface area contributed by atoms with E-state index in [1.165, 1.54) is 25.7 Å². The quantitative estimate of drug-likeness (QED) is 0.677. The fourth-order valence-electron chi connectivity index (χ4n) is 3.70. The molecule has 1 N–H and O–H groups in total. The van der Waals surface area contributed by atoms with Gasteiger partial charge in [0.05, 0.1) is 7.11 Å². The molecule has 1 spiro atoms. The Labute approximate surface area is 143 Å². The van der Waals surface area contributed by atoms with Gasteiger partial charge < -0.3 is 15.0 Å². The van der Waals surface area contributed by atoms with E-state index in [1.807, 2.05) is 25.2 Å². The highest BCUT2D eigenvalue weighted by atomic mass is 35.5. The molecule has 1 aromatic rings. The summed E-state index contributed by atoms with van der Waals surface area (Å²) in [7, 11) is 3.52. The summed E-state index contributed by atoms with van der Waals surface area (Å²) in [5.74, 6) is 1.82. The molecule has 0 radical (unpaired) electrons. The van der Waals surface area contributed by atoms with Gasteiger partial charge in [-0.1, -0.05) is 24.1 Å². The number of halogens is 1. The minimum Gasteiger partial charge on any atom is -0.497 e. The van der Waals surface area contributed by atoms with E-state index in [1.54, 1.807) is 7.11 Å². The Morgan fingerprint density at radius 2 is 2.22 bits per heavy atom. The number of aliphatic imine (C=N–C) groups is 1. The number of benzene rings is 1. The second kappa shape index (κ2) is 7.00. The first-order valence-corrected chi connectivity index (χ1v) is 8.82. The lowest BCUT2D eigenvalue weighted by Gasteiger charge is -2.38. The van der Waals surface area contributed by atoms with E-state index in [-0.39, 0.29) is 0 Å². The van der Waals surface area contributed by atoms with Crippen LogP contribution in [0.2, 0.25) is 5.02 Å². The number of rotatable bonds is 4. The number of ether oxygens (including phenoxy) is 1. The zero-order valence-corrected chi connectivity index (χ0v) is 14.8. The van der Waals surface area contributed by atoms with Crippen LogP contribution in [0.1, 0.15) is 31.2 Å². The number of methoxy groups -OCH3 is 1. The zero-order chi connectivity index (χ0) is 16.3. The van der Waals surface area contributed by atoms with E-state index in [4.69, 9.17) is 16.3 Å². The van der Waals surface area contributed by atoms with Gasteiger partial charge in [-0.3, -0.25) is 4.99 Å². The minimum absolute atomic E-state index is 0.594. The molecule has 1 saturated heterocycles. The molecule has 0 amide bonds. The van der Waals surface area contributed by atoms with E-state index in [9.17, 15) is 0 Å². The summed E-state index contributed by atoms with van der Waals surface area (Å²) in [5, 5.41) is 4.25. The van der Waals surface area contributed by atoms with Gasteiger partial charge in [0.15, 0.2) is 5.96 Å². The number of nitrogens with zero attached hydrogens (tertiary/aromatic N) is 2. The van der Waals surface area contributed by atoms with Crippen molar-refractivity contribution in [3.63, 3.8) is 0 Å². The smallest absolute Gasteiger partial charge is 0.193 e. The highest BCUT2D eigenvalue weighted by Crippen LogP contribution is 2.47. The summed E-state index contributed by atoms with van der Waals surface area (Å²) >= 11 is 6.30. The third-order valence-corrected chi connectivity index (χ3v) is 5.65. The zero-order valence-electron chi connectivity index (χ0n) is 14.1. The molecule has 1 saturated carbocycles. The van der Waals surface area contributed by atoms with Gasteiger partial charge in [-0.25, -0.2) is 0 Å². The molecule has 1 heterocycles. The lowest BCUT2D eigenvalue weighted by Crippen LogP contribution is -2.43. The van der Waals surface area contributed by atoms with Gasteiger partial charge in [0.25, 0.3) is 0 Å². The summed E-state index contributed by atoms with van der Waals surface area (Å²) in [4.78, 5) is 6.86. The summed E-state index contributed by atoms with van der Waals surface area (Å²) in [6.45, 7) is 3.13. The molecule has 1 aliphatic carbocycles. The lowest BCUT2D eigenvalue weighted by molar-refractivity contribution is 0.151. The van der Waals surface area contributed by atoms with E-state index < -0.39 is 0 Å². The van der Waals surface area contributed by atoms with Crippen LogP contribution < -0.4 is 10.1 Å². The summed E-state index contributed by atoms with van der Waals surface area (Å²) < 4.78 is 5.19. The maximum Gasteiger partial charge on any atom is 0.193 e. The summed E-state index contributed by atoms with van der Waals surface area (Å²) in [6.07, 6.45) is 6.37. The molecule has 0 bridgehead atoms. The lowest BCUT2D eigenvalue weighted by atomic mass is 9.68. The van der Waals surface area contributed by atoms with Crippen molar-refractivity contribution in [1.82, 2.24) is 10.2 Å². The van der Waals surface area contributed by atoms with Crippen LogP contribution in [0, 0.1) is 5.41 Å². The van der Waals surface area contributed by atoms with Gasteiger partial charge >= 0.3 is 0 Å². The average Bonchev–Trinajstić information content (AvgIpc) is 2.98. The molecule has 0 unspecified atom stereocenters. The van der Waals surface area contributed by atoms with Crippen molar-refractivity contribution in [3.8, 4) is 5.75 Å². The first kappa shape index (κ1) is 16.4. The molecule has 3 rings (SSSR count). The molecular formula is C18H26ClN3O. The monoisotopic (exact) mass is 335 g/mol. The molecule has 4 nitrogen and oxygen atoms in total. The Balaban J connectivity index is 1.51. The molecular weight excluding hydrogens is 310 g/mol. The Morgan fingerprint density at radius 3 is 2.78 bits per heavy atom. The normalized spacial score (nSPS) is 19.8. The molecule has 2 fully saturated rings. The average molecular weight is 336 g/mol. The van der Waals surface area contributed by atoms with Crippen molar-refractivity contribution in [3.05, 3.63) is 28.8 Å². The summed E-state index contributed by atoms with van der Waals surface area (Å²) in [6, 6.07) is 5.86. The van der Waals surface area contributed by atoms with Gasteiger partial charge in [-0.15, -0.1) is 0 Å². The van der Waals surface area contributed by atoms with Gasteiger partial charge in [0.2, 0.25) is 0 Å². The largest absolute Gasteiger partial charge is 0.497 e. The van der Waals surface area contributed by atoms with Gasteiger partial charge in [0.1, 0.15) is 5.75 Å². The topological polar surface area (TPSA) is 36.9 Å². The first-order valence-electron chi connectivity index (χ1n) is 8.44. The molecule has 126 valence electrons. The maximum atomic E-state index is 6.30. The molecule has 5 heteroatoms. The van der Waals surface area contributed by atoms with E-state index in [2.05, 4.69) is 15.2 Å². The molecule has 1 aromatic carbocycles. The number of guanidine groups is 1. The Kier molecular flexibility index (Phi) is 5.00. The Bertz CT molecular complexity index is 584. The molecule has 2 aliphatic rings. The molecule has 0 aromatic heterocycles. The fourth-order valence-corrected chi connectivity index (χ4v) is 3.96. The predicted octanol–water partition coefficient (Wildman–Crippen LogP) is 3.34. The highest BCUT2D eigenvalue weighted by Gasteiger charge is 2.43. The van der Waals surface area contributed by atoms with Crippen LogP contribution in [-0.4, -0.2) is 44.7 Å². The van der Waals surface area contributed by atoms with Crippen molar-refractivity contribution in [1.29, 1.82) is 0 Å². The predicted molar refractivity (Wildman–Crippen MR) is 95.5 cm³/mol. The van der Waals surface area contributed by atoms with Crippen LogP contribution in [0.25, 0.3) is 0 Å². The maximum absolute atomic E-state index is 6.30. The van der Waals surface area contributed by atoms with E-state index in [0.717, 1.165) is 48.4 Å².